The van der Waals surface area contributed by atoms with Gasteiger partial charge < -0.3 is 4.98 Å². The molecule has 0 saturated heterocycles. The zero-order chi connectivity index (χ0) is 10.1. The first kappa shape index (κ1) is 7.05. The maximum absolute atomic E-state index is 8.76. The van der Waals surface area contributed by atoms with Gasteiger partial charge in [-0.25, -0.2) is 0 Å². The molecule has 64 valence electrons. The molecule has 13 heavy (non-hydrogen) atoms. The summed E-state index contributed by atoms with van der Waals surface area (Å²) in [5.74, 6) is 0. The van der Waals surface area contributed by atoms with Gasteiger partial charge in [-0.1, -0.05) is 0 Å². The molecular weight excluding hydrogens is 180 g/mol. The highest BCUT2D eigenvalue weighted by atomic mass is 32.2. The summed E-state index contributed by atoms with van der Waals surface area (Å²) >= 11 is 1.59. The Morgan fingerprint density at radius 1 is 1.62 bits per heavy atom. The van der Waals surface area contributed by atoms with E-state index in [0.29, 0.717) is 5.56 Å². The molecule has 3 heteroatoms. The Hall–Kier alpha value is -1.40. The quantitative estimate of drug-likeness (QED) is 0.701. The largest absolute Gasteiger partial charge is 0.360 e. The molecule has 1 aromatic carbocycles. The number of aromatic nitrogens is 1. The van der Waals surface area contributed by atoms with Crippen LogP contribution < -0.4 is 0 Å². The number of nitrogens with zero attached hydrogens (tertiary/aromatic N) is 1. The van der Waals surface area contributed by atoms with Crippen LogP contribution in [0.15, 0.2) is 29.3 Å². The van der Waals surface area contributed by atoms with E-state index in [4.69, 9.17) is 6.67 Å². The number of benzene rings is 1. The van der Waals surface area contributed by atoms with Gasteiger partial charge >= 0.3 is 0 Å². The van der Waals surface area contributed by atoms with Gasteiger partial charge in [-0.2, -0.15) is 5.26 Å². The summed E-state index contributed by atoms with van der Waals surface area (Å²) < 4.78 is 7.64. The lowest BCUT2D eigenvalue weighted by molar-refractivity contribution is 1.42. The highest BCUT2D eigenvalue weighted by molar-refractivity contribution is 7.98. The Bertz CT molecular complexity index is 525. The summed E-state index contributed by atoms with van der Waals surface area (Å²) in [5, 5.41) is 9.74. The van der Waals surface area contributed by atoms with E-state index >= 15 is 0 Å². The Morgan fingerprint density at radius 3 is 3.15 bits per heavy atom. The van der Waals surface area contributed by atoms with Crippen LogP contribution in [0.2, 0.25) is 1.41 Å². The van der Waals surface area contributed by atoms with Crippen LogP contribution in [-0.4, -0.2) is 11.2 Å². The Kier molecular flexibility index (Phi) is 1.71. The topological polar surface area (TPSA) is 39.6 Å². The van der Waals surface area contributed by atoms with Crippen molar-refractivity contribution in [2.45, 2.75) is 4.90 Å². The first-order chi connectivity index (χ1) is 6.76. The number of H-pyrrole nitrogens is 1. The summed E-state index contributed by atoms with van der Waals surface area (Å²) in [6, 6.07) is 7.47. The lowest BCUT2D eigenvalue weighted by Gasteiger charge is -1.93. The van der Waals surface area contributed by atoms with E-state index in [2.05, 4.69) is 6.07 Å². The van der Waals surface area contributed by atoms with Gasteiger partial charge in [0.1, 0.15) is 0 Å². The van der Waals surface area contributed by atoms with Gasteiger partial charge in [-0.15, -0.1) is 11.8 Å². The highest BCUT2D eigenvalue weighted by Crippen LogP contribution is 2.26. The van der Waals surface area contributed by atoms with Gasteiger partial charge in [0.2, 0.25) is 0 Å². The van der Waals surface area contributed by atoms with Gasteiger partial charge in [0, 0.05) is 22.0 Å². The van der Waals surface area contributed by atoms with Crippen LogP contribution in [0, 0.1) is 11.3 Å². The maximum Gasteiger partial charge on any atom is 0.166 e. The van der Waals surface area contributed by atoms with Crippen LogP contribution >= 0.6 is 11.8 Å². The minimum atomic E-state index is 0.638. The van der Waals surface area contributed by atoms with Crippen LogP contribution in [0.25, 0.3) is 10.9 Å². The highest BCUT2D eigenvalue weighted by Gasteiger charge is 2.02. The fraction of sp³-hybridized carbons (Fsp3) is 0.100. The minimum Gasteiger partial charge on any atom is -0.360 e. The van der Waals surface area contributed by atoms with Crippen LogP contribution in [0.1, 0.15) is 5.56 Å². The molecule has 0 unspecified atom stereocenters. The minimum absolute atomic E-state index is 0.638. The van der Waals surface area contributed by atoms with E-state index in [0.717, 1.165) is 15.8 Å². The molecule has 0 radical (unpaired) electrons. The molecule has 0 spiro atoms. The fourth-order valence-electron chi connectivity index (χ4n) is 1.28. The molecule has 0 aliphatic rings. The van der Waals surface area contributed by atoms with E-state index in [1.807, 2.05) is 12.3 Å². The Labute approximate surface area is 82.0 Å². The molecule has 2 nitrogen and oxygen atoms in total. The summed E-state index contributed by atoms with van der Waals surface area (Å²) in [7, 11) is 0. The first-order valence-corrected chi connectivity index (χ1v) is 5.07. The van der Waals surface area contributed by atoms with Crippen molar-refractivity contribution in [1.29, 1.82) is 5.26 Å². The molecule has 0 fully saturated rings. The number of thioether (sulfide) groups is 1. The van der Waals surface area contributed by atoms with Crippen molar-refractivity contribution in [3.63, 3.8) is 0 Å². The second kappa shape index (κ2) is 3.15. The van der Waals surface area contributed by atoms with Crippen molar-refractivity contribution in [3.8, 4) is 6.07 Å². The smallest absolute Gasteiger partial charge is 0.166 e. The summed E-state index contributed by atoms with van der Waals surface area (Å²) in [5.41, 5.74) is 1.48. The molecule has 0 saturated carbocycles. The monoisotopic (exact) mass is 189 g/mol. The van der Waals surface area contributed by atoms with E-state index in [1.165, 1.54) is 4.98 Å². The molecule has 0 atom stereocenters. The predicted octanol–water partition coefficient (Wildman–Crippen LogP) is 2.76. The van der Waals surface area contributed by atoms with Crippen LogP contribution in [0.5, 0.6) is 0 Å². The first-order valence-electron chi connectivity index (χ1n) is 4.29. The molecule has 2 aromatic rings. The van der Waals surface area contributed by atoms with Gasteiger partial charge in [-0.05, 0) is 24.5 Å². The lowest BCUT2D eigenvalue weighted by atomic mass is 10.2. The molecule has 0 bridgehead atoms. The molecule has 0 aliphatic carbocycles. The molecule has 1 aromatic heterocycles. The Balaban J connectivity index is 2.79. The van der Waals surface area contributed by atoms with Crippen molar-refractivity contribution in [2.24, 2.45) is 0 Å². The predicted molar refractivity (Wildman–Crippen MR) is 54.8 cm³/mol. The van der Waals surface area contributed by atoms with Crippen molar-refractivity contribution in [1.82, 2.24) is 4.98 Å². The Morgan fingerprint density at radius 2 is 2.46 bits per heavy atom. The van der Waals surface area contributed by atoms with Crippen molar-refractivity contribution in [2.75, 3.05) is 6.26 Å². The van der Waals surface area contributed by atoms with Crippen LogP contribution in [0.3, 0.4) is 0 Å². The lowest BCUT2D eigenvalue weighted by Crippen LogP contribution is -1.73. The third-order valence-electron chi connectivity index (χ3n) is 1.93. The number of nitriles is 1. The second-order valence-electron chi connectivity index (χ2n) is 2.67. The normalized spacial score (nSPS) is 11.2. The molecule has 0 amide bonds. The molecule has 0 aliphatic heterocycles. The average Bonchev–Trinajstić information content (AvgIpc) is 2.55. The number of rotatable bonds is 1. The number of hydrogen-bond donors (Lipinski definition) is 1. The van der Waals surface area contributed by atoms with Crippen molar-refractivity contribution < 1.29 is 1.41 Å². The summed E-state index contributed by atoms with van der Waals surface area (Å²) in [4.78, 5) is 2.37. The van der Waals surface area contributed by atoms with E-state index in [1.54, 1.807) is 30.1 Å². The van der Waals surface area contributed by atoms with E-state index in [9.17, 15) is 0 Å². The van der Waals surface area contributed by atoms with Gasteiger partial charge in [0.05, 0.1) is 11.6 Å². The van der Waals surface area contributed by atoms with E-state index in [-0.39, 0.29) is 0 Å². The number of hydrogen-bond acceptors (Lipinski definition) is 2. The van der Waals surface area contributed by atoms with Gasteiger partial charge in [0.15, 0.2) is 1.41 Å². The molecule has 1 N–H and O–H groups in total. The summed E-state index contributed by atoms with van der Waals surface area (Å²) in [6.45, 7) is 0. The summed E-state index contributed by atoms with van der Waals surface area (Å²) in [6.07, 6.45) is 3.73. The van der Waals surface area contributed by atoms with Gasteiger partial charge in [-0.3, -0.25) is 0 Å². The third kappa shape index (κ3) is 1.30. The number of fused-ring (bicyclic) bond motifs is 1. The molecular formula is C10H8N2S. The van der Waals surface area contributed by atoms with Gasteiger partial charge in [0.25, 0.3) is 0 Å². The van der Waals surface area contributed by atoms with Crippen LogP contribution in [0.4, 0.5) is 0 Å². The molecule has 1 heterocycles. The maximum atomic E-state index is 8.76. The fourth-order valence-corrected chi connectivity index (χ4v) is 1.82. The van der Waals surface area contributed by atoms with Crippen molar-refractivity contribution >= 4 is 22.7 Å². The number of aromatic amines is 1. The average molecular weight is 189 g/mol. The van der Waals surface area contributed by atoms with Crippen molar-refractivity contribution in [3.05, 3.63) is 30.0 Å². The molecule has 2 rings (SSSR count). The third-order valence-corrected chi connectivity index (χ3v) is 2.70. The van der Waals surface area contributed by atoms with E-state index < -0.39 is 0 Å². The standard InChI is InChI=1S/C10H8N2S/c1-13-10-6-12-9-3-2-7(5-11)4-8(9)10/h2-4,6,12H,1H3/i/hD. The number of nitrogens with one attached hydrogen (secondary N) is 1. The second-order valence-corrected chi connectivity index (χ2v) is 3.52. The zero-order valence-electron chi connectivity index (χ0n) is 8.11. The zero-order valence-corrected chi connectivity index (χ0v) is 7.93. The van der Waals surface area contributed by atoms with Crippen LogP contribution in [-0.2, 0) is 0 Å². The SMILES string of the molecule is [2H]n1cc(SC)c2cc(C#N)ccc21.